The lowest BCUT2D eigenvalue weighted by atomic mass is 10.1. The van der Waals surface area contributed by atoms with E-state index in [1.54, 1.807) is 43.3 Å². The number of amides is 1. The van der Waals surface area contributed by atoms with Crippen LogP contribution in [0.1, 0.15) is 37.8 Å². The van der Waals surface area contributed by atoms with Gasteiger partial charge in [-0.1, -0.05) is 23.7 Å². The Kier molecular flexibility index (Phi) is 7.03. The topological polar surface area (TPSA) is 78.5 Å². The van der Waals surface area contributed by atoms with E-state index in [9.17, 15) is 13.2 Å². The summed E-state index contributed by atoms with van der Waals surface area (Å²) >= 11 is 5.86. The summed E-state index contributed by atoms with van der Waals surface area (Å²) in [4.78, 5) is 14.5. The summed E-state index contributed by atoms with van der Waals surface area (Å²) in [5, 5.41) is 3.30. The lowest BCUT2D eigenvalue weighted by Crippen LogP contribution is -2.34. The lowest BCUT2D eigenvalue weighted by molar-refractivity contribution is -0.119. The van der Waals surface area contributed by atoms with Gasteiger partial charge in [-0.2, -0.15) is 0 Å². The molecule has 2 N–H and O–H groups in total. The van der Waals surface area contributed by atoms with Gasteiger partial charge in [0.05, 0.1) is 6.04 Å². The Morgan fingerprint density at radius 2 is 1.66 bits per heavy atom. The van der Waals surface area contributed by atoms with E-state index < -0.39 is 21.7 Å². The van der Waals surface area contributed by atoms with Crippen LogP contribution in [0.25, 0.3) is 0 Å². The minimum absolute atomic E-state index is 0.321. The van der Waals surface area contributed by atoms with E-state index in [1.165, 1.54) is 19.3 Å². The molecule has 2 aromatic rings. The summed E-state index contributed by atoms with van der Waals surface area (Å²) in [6.45, 7) is 3.84. The van der Waals surface area contributed by atoms with Crippen molar-refractivity contribution in [3.8, 4) is 0 Å². The Hall–Kier alpha value is -2.25. The predicted octanol–water partition coefficient (Wildman–Crippen LogP) is 3.95. The van der Waals surface area contributed by atoms with E-state index >= 15 is 0 Å². The zero-order valence-corrected chi connectivity index (χ0v) is 18.0. The molecule has 0 saturated carbocycles. The van der Waals surface area contributed by atoms with Crippen LogP contribution in [0.3, 0.4) is 0 Å². The van der Waals surface area contributed by atoms with Crippen molar-refractivity contribution in [2.45, 2.75) is 32.2 Å². The highest BCUT2D eigenvalue weighted by Crippen LogP contribution is 2.22. The second kappa shape index (κ2) is 9.50. The van der Waals surface area contributed by atoms with Crippen LogP contribution in [0.2, 0.25) is 5.02 Å². The van der Waals surface area contributed by atoms with Crippen molar-refractivity contribution in [2.75, 3.05) is 28.5 Å². The van der Waals surface area contributed by atoms with Crippen molar-refractivity contribution in [2.24, 2.45) is 0 Å². The standard InChI is InChI=1S/C21H26ClN3O3S/c1-16(17-5-7-18(22)8-6-17)23-21(26)15-29(27,28)24-19-9-11-20(12-10-19)25-13-3-2-4-14-25/h5-12,16,24H,2-4,13-15H2,1H3,(H,23,26). The van der Waals surface area contributed by atoms with Crippen LogP contribution in [-0.2, 0) is 14.8 Å². The van der Waals surface area contributed by atoms with E-state index in [0.717, 1.165) is 24.3 Å². The molecule has 2 aromatic carbocycles. The zero-order chi connectivity index (χ0) is 20.9. The maximum Gasteiger partial charge on any atom is 0.241 e. The molecule has 1 aliphatic heterocycles. The van der Waals surface area contributed by atoms with Gasteiger partial charge in [0.15, 0.2) is 0 Å². The van der Waals surface area contributed by atoms with Crippen molar-refractivity contribution in [1.82, 2.24) is 5.32 Å². The normalized spacial score (nSPS) is 15.6. The number of nitrogens with one attached hydrogen (secondary N) is 2. The highest BCUT2D eigenvalue weighted by Gasteiger charge is 2.19. The van der Waals surface area contributed by atoms with Crippen LogP contribution < -0.4 is 14.9 Å². The van der Waals surface area contributed by atoms with Crippen LogP contribution in [0.5, 0.6) is 0 Å². The molecular formula is C21H26ClN3O3S. The minimum atomic E-state index is -3.80. The number of hydrogen-bond acceptors (Lipinski definition) is 4. The summed E-state index contributed by atoms with van der Waals surface area (Å²) in [6, 6.07) is 14.0. The van der Waals surface area contributed by atoms with Gasteiger partial charge >= 0.3 is 0 Å². The Labute approximate surface area is 177 Å². The fourth-order valence-electron chi connectivity index (χ4n) is 3.40. The van der Waals surface area contributed by atoms with Crippen LogP contribution in [0.15, 0.2) is 48.5 Å². The van der Waals surface area contributed by atoms with Gasteiger partial charge in [0.1, 0.15) is 5.75 Å². The third kappa shape index (κ3) is 6.37. The number of halogens is 1. The highest BCUT2D eigenvalue weighted by molar-refractivity contribution is 7.93. The first kappa shape index (κ1) is 21.5. The molecule has 1 aliphatic rings. The molecule has 8 heteroatoms. The van der Waals surface area contributed by atoms with Crippen molar-refractivity contribution in [3.63, 3.8) is 0 Å². The van der Waals surface area contributed by atoms with E-state index in [4.69, 9.17) is 11.6 Å². The Morgan fingerprint density at radius 1 is 1.03 bits per heavy atom. The smallest absolute Gasteiger partial charge is 0.241 e. The molecule has 6 nitrogen and oxygen atoms in total. The number of nitrogens with zero attached hydrogens (tertiary/aromatic N) is 1. The molecule has 3 rings (SSSR count). The van der Waals surface area contributed by atoms with Gasteiger partial charge in [-0.15, -0.1) is 0 Å². The molecule has 0 aliphatic carbocycles. The number of sulfonamides is 1. The van der Waals surface area contributed by atoms with Gasteiger partial charge in [-0.05, 0) is 68.1 Å². The van der Waals surface area contributed by atoms with E-state index in [-0.39, 0.29) is 6.04 Å². The number of carbonyl (C=O) groups is 1. The monoisotopic (exact) mass is 435 g/mol. The number of piperidine rings is 1. The second-order valence-electron chi connectivity index (χ2n) is 7.30. The third-order valence-electron chi connectivity index (χ3n) is 4.93. The minimum Gasteiger partial charge on any atom is -0.372 e. The molecule has 29 heavy (non-hydrogen) atoms. The van der Waals surface area contributed by atoms with Crippen molar-refractivity contribution < 1.29 is 13.2 Å². The SMILES string of the molecule is CC(NC(=O)CS(=O)(=O)Nc1ccc(N2CCCCC2)cc1)c1ccc(Cl)cc1. The number of rotatable bonds is 7. The van der Waals surface area contributed by atoms with Gasteiger partial charge < -0.3 is 10.2 Å². The molecule has 1 unspecified atom stereocenters. The van der Waals surface area contributed by atoms with Crippen molar-refractivity contribution in [3.05, 3.63) is 59.1 Å². The summed E-state index contributed by atoms with van der Waals surface area (Å²) in [5.74, 6) is -1.20. The fraction of sp³-hybridized carbons (Fsp3) is 0.381. The summed E-state index contributed by atoms with van der Waals surface area (Å²) in [7, 11) is -3.80. The quantitative estimate of drug-likeness (QED) is 0.690. The maximum absolute atomic E-state index is 12.4. The summed E-state index contributed by atoms with van der Waals surface area (Å²) in [5.41, 5.74) is 2.38. The summed E-state index contributed by atoms with van der Waals surface area (Å²) in [6.07, 6.45) is 3.61. The van der Waals surface area contributed by atoms with E-state index in [1.807, 2.05) is 12.1 Å². The van der Waals surface area contributed by atoms with Crippen molar-refractivity contribution in [1.29, 1.82) is 0 Å². The second-order valence-corrected chi connectivity index (χ2v) is 9.46. The van der Waals surface area contributed by atoms with Gasteiger partial charge in [0.25, 0.3) is 0 Å². The third-order valence-corrected chi connectivity index (χ3v) is 6.37. The highest BCUT2D eigenvalue weighted by atomic mass is 35.5. The van der Waals surface area contributed by atoms with Crippen LogP contribution in [-0.4, -0.2) is 33.2 Å². The molecule has 1 atom stereocenters. The van der Waals surface area contributed by atoms with E-state index in [2.05, 4.69) is 14.9 Å². The molecule has 0 radical (unpaired) electrons. The fourth-order valence-corrected chi connectivity index (χ4v) is 4.52. The molecule has 1 heterocycles. The van der Waals surface area contributed by atoms with Gasteiger partial charge in [-0.3, -0.25) is 9.52 Å². The lowest BCUT2D eigenvalue weighted by Gasteiger charge is -2.28. The van der Waals surface area contributed by atoms with Gasteiger partial charge in [0.2, 0.25) is 15.9 Å². The van der Waals surface area contributed by atoms with Crippen LogP contribution in [0.4, 0.5) is 11.4 Å². The molecular weight excluding hydrogens is 410 g/mol. The molecule has 0 aromatic heterocycles. The molecule has 156 valence electrons. The number of benzene rings is 2. The van der Waals surface area contributed by atoms with Crippen LogP contribution >= 0.6 is 11.6 Å². The molecule has 1 amide bonds. The van der Waals surface area contributed by atoms with Crippen molar-refractivity contribution >= 4 is 38.9 Å². The molecule has 1 fully saturated rings. The van der Waals surface area contributed by atoms with Crippen LogP contribution in [0, 0.1) is 0 Å². The van der Waals surface area contributed by atoms with E-state index in [0.29, 0.717) is 10.7 Å². The first-order valence-electron chi connectivity index (χ1n) is 9.73. The molecule has 1 saturated heterocycles. The Morgan fingerprint density at radius 3 is 2.28 bits per heavy atom. The Balaban J connectivity index is 1.54. The number of carbonyl (C=O) groups excluding carboxylic acids is 1. The molecule has 0 bridgehead atoms. The average molecular weight is 436 g/mol. The first-order chi connectivity index (χ1) is 13.8. The number of anilines is 2. The Bertz CT molecular complexity index is 925. The van der Waals surface area contributed by atoms with Gasteiger partial charge in [-0.25, -0.2) is 8.42 Å². The summed E-state index contributed by atoms with van der Waals surface area (Å²) < 4.78 is 27.2. The van der Waals surface area contributed by atoms with Gasteiger partial charge in [0, 0.05) is 29.5 Å². The first-order valence-corrected chi connectivity index (χ1v) is 11.8. The average Bonchev–Trinajstić information content (AvgIpc) is 2.69. The number of hydrogen-bond donors (Lipinski definition) is 2. The zero-order valence-electron chi connectivity index (χ0n) is 16.4. The predicted molar refractivity (Wildman–Crippen MR) is 118 cm³/mol. The molecule has 0 spiro atoms. The maximum atomic E-state index is 12.4. The largest absolute Gasteiger partial charge is 0.372 e.